The van der Waals surface area contributed by atoms with E-state index in [0.29, 0.717) is 25.9 Å². The summed E-state index contributed by atoms with van der Waals surface area (Å²) in [5.74, 6) is -0.0323. The van der Waals surface area contributed by atoms with Crippen LogP contribution in [0.4, 0.5) is 0 Å². The van der Waals surface area contributed by atoms with Crippen LogP contribution in [0.2, 0.25) is 0 Å². The van der Waals surface area contributed by atoms with Gasteiger partial charge in [0.25, 0.3) is 0 Å². The Hall–Kier alpha value is -1.40. The maximum absolute atomic E-state index is 12.5. The Morgan fingerprint density at radius 1 is 0.375 bits per heavy atom. The number of carbonyl (C=O) groups excluding carboxylic acids is 2. The van der Waals surface area contributed by atoms with Crippen molar-refractivity contribution >= 4 is 11.9 Å². The first kappa shape index (κ1) is 70.6. The molecule has 0 aromatic heterocycles. The van der Waals surface area contributed by atoms with Crippen molar-refractivity contribution in [3.05, 3.63) is 12.2 Å². The van der Waals surface area contributed by atoms with Crippen molar-refractivity contribution in [3.8, 4) is 0 Å². The summed E-state index contributed by atoms with van der Waals surface area (Å²) >= 11 is 0. The first-order chi connectivity index (χ1) is 35.5. The van der Waals surface area contributed by atoms with Crippen LogP contribution in [-0.4, -0.2) is 47.4 Å². The lowest BCUT2D eigenvalue weighted by molar-refractivity contribution is -0.143. The lowest BCUT2D eigenvalue weighted by Crippen LogP contribution is -2.45. The van der Waals surface area contributed by atoms with Gasteiger partial charge in [-0.2, -0.15) is 0 Å². The number of esters is 1. The Bertz CT molecular complexity index is 1080. The summed E-state index contributed by atoms with van der Waals surface area (Å²) in [6, 6.07) is -0.549. The van der Waals surface area contributed by atoms with E-state index in [1.54, 1.807) is 0 Å². The average Bonchev–Trinajstić information content (AvgIpc) is 3.38. The molecule has 0 bridgehead atoms. The first-order valence-corrected chi connectivity index (χ1v) is 32.9. The van der Waals surface area contributed by atoms with Gasteiger partial charge in [0.05, 0.1) is 25.4 Å². The molecule has 0 radical (unpaired) electrons. The van der Waals surface area contributed by atoms with Gasteiger partial charge in [0.2, 0.25) is 5.91 Å². The Morgan fingerprint density at radius 2 is 0.653 bits per heavy atom. The average molecular weight is 1020 g/mol. The number of rotatable bonds is 62. The number of hydrogen-bond donors (Lipinski definition) is 3. The minimum absolute atomic E-state index is 0.00798. The van der Waals surface area contributed by atoms with Crippen molar-refractivity contribution in [1.29, 1.82) is 0 Å². The van der Waals surface area contributed by atoms with E-state index < -0.39 is 12.1 Å². The summed E-state index contributed by atoms with van der Waals surface area (Å²) < 4.78 is 5.49. The molecule has 2 unspecified atom stereocenters. The number of ether oxygens (including phenoxy) is 1. The van der Waals surface area contributed by atoms with E-state index in [2.05, 4.69) is 31.3 Å². The largest absolute Gasteiger partial charge is 0.466 e. The number of carbonyl (C=O) groups is 2. The van der Waals surface area contributed by atoms with Crippen LogP contribution in [0.15, 0.2) is 12.2 Å². The maximum atomic E-state index is 12.5. The van der Waals surface area contributed by atoms with E-state index in [-0.39, 0.29) is 18.5 Å². The minimum atomic E-state index is -0.671. The Morgan fingerprint density at radius 3 is 0.986 bits per heavy atom. The third kappa shape index (κ3) is 57.9. The fourth-order valence-corrected chi connectivity index (χ4v) is 10.5. The summed E-state index contributed by atoms with van der Waals surface area (Å²) in [7, 11) is 0. The van der Waals surface area contributed by atoms with E-state index >= 15 is 0 Å². The van der Waals surface area contributed by atoms with Crippen molar-refractivity contribution in [2.45, 2.75) is 386 Å². The van der Waals surface area contributed by atoms with Crippen LogP contribution in [0.1, 0.15) is 373 Å². The van der Waals surface area contributed by atoms with Gasteiger partial charge in [0.15, 0.2) is 0 Å². The second-order valence-corrected chi connectivity index (χ2v) is 22.8. The van der Waals surface area contributed by atoms with E-state index in [0.717, 1.165) is 38.5 Å². The van der Waals surface area contributed by atoms with Crippen molar-refractivity contribution in [1.82, 2.24) is 5.32 Å². The molecular formula is C66H129NO5. The van der Waals surface area contributed by atoms with E-state index in [1.807, 2.05) is 0 Å². The van der Waals surface area contributed by atoms with Gasteiger partial charge in [-0.3, -0.25) is 9.59 Å². The van der Waals surface area contributed by atoms with Crippen LogP contribution in [0.25, 0.3) is 0 Å². The van der Waals surface area contributed by atoms with Crippen molar-refractivity contribution in [2.24, 2.45) is 0 Å². The molecule has 0 saturated carbocycles. The van der Waals surface area contributed by atoms with Crippen molar-refractivity contribution in [2.75, 3.05) is 13.2 Å². The molecule has 0 rings (SSSR count). The van der Waals surface area contributed by atoms with E-state index in [9.17, 15) is 19.8 Å². The number of allylic oxidation sites excluding steroid dienone is 2. The smallest absolute Gasteiger partial charge is 0.305 e. The summed E-state index contributed by atoms with van der Waals surface area (Å²) in [6.45, 7) is 4.98. The molecule has 6 heteroatoms. The maximum Gasteiger partial charge on any atom is 0.305 e. The predicted molar refractivity (Wildman–Crippen MR) is 315 cm³/mol. The Kier molecular flexibility index (Phi) is 60.9. The third-order valence-electron chi connectivity index (χ3n) is 15.6. The van der Waals surface area contributed by atoms with E-state index in [1.165, 1.54) is 302 Å². The molecule has 72 heavy (non-hydrogen) atoms. The van der Waals surface area contributed by atoms with Crippen LogP contribution in [0.3, 0.4) is 0 Å². The first-order valence-electron chi connectivity index (χ1n) is 32.9. The Balaban J connectivity index is 3.42. The number of nitrogens with one attached hydrogen (secondary N) is 1. The van der Waals surface area contributed by atoms with Crippen LogP contribution < -0.4 is 5.32 Å². The molecule has 1 amide bonds. The summed E-state index contributed by atoms with van der Waals surface area (Å²) in [6.07, 6.45) is 75.1. The zero-order chi connectivity index (χ0) is 52.2. The molecule has 0 spiro atoms. The summed E-state index contributed by atoms with van der Waals surface area (Å²) in [4.78, 5) is 24.6. The molecule has 0 saturated heterocycles. The Labute approximate surface area is 450 Å². The van der Waals surface area contributed by atoms with Crippen LogP contribution in [0, 0.1) is 0 Å². The number of hydrogen-bond acceptors (Lipinski definition) is 5. The van der Waals surface area contributed by atoms with Gasteiger partial charge in [0.1, 0.15) is 0 Å². The van der Waals surface area contributed by atoms with Gasteiger partial charge in [-0.05, 0) is 51.4 Å². The quantitative estimate of drug-likeness (QED) is 0.0320. The number of aliphatic hydroxyl groups is 2. The molecule has 2 atom stereocenters. The lowest BCUT2D eigenvalue weighted by Gasteiger charge is -2.22. The van der Waals surface area contributed by atoms with E-state index in [4.69, 9.17) is 4.74 Å². The number of unbranched alkanes of at least 4 members (excludes halogenated alkanes) is 49. The van der Waals surface area contributed by atoms with Crippen LogP contribution in [0.5, 0.6) is 0 Å². The van der Waals surface area contributed by atoms with Crippen molar-refractivity contribution < 1.29 is 24.5 Å². The molecule has 0 heterocycles. The third-order valence-corrected chi connectivity index (χ3v) is 15.6. The molecule has 3 N–H and O–H groups in total. The second kappa shape index (κ2) is 62.1. The standard InChI is InChI=1S/C66H129NO5/c1-3-5-7-9-11-13-15-17-19-20-21-22-24-27-31-34-38-42-46-50-54-58-64(69)63(62-68)67-65(70)59-55-51-47-43-39-35-32-28-25-23-26-29-33-37-41-45-49-53-57-61-72-66(71)60-56-52-48-44-40-36-30-18-16-14-12-10-8-6-4-2/h23,25,63-64,68-69H,3-22,24,26-62H2,1-2H3,(H,67,70)/b25-23-. The summed E-state index contributed by atoms with van der Waals surface area (Å²) in [5, 5.41) is 23.4. The lowest BCUT2D eigenvalue weighted by atomic mass is 10.0. The fourth-order valence-electron chi connectivity index (χ4n) is 10.5. The highest BCUT2D eigenvalue weighted by Crippen LogP contribution is 2.18. The molecule has 6 nitrogen and oxygen atoms in total. The highest BCUT2D eigenvalue weighted by molar-refractivity contribution is 5.76. The van der Waals surface area contributed by atoms with Crippen LogP contribution >= 0.6 is 0 Å². The zero-order valence-electron chi connectivity index (χ0n) is 48.9. The molecule has 0 fully saturated rings. The summed E-state index contributed by atoms with van der Waals surface area (Å²) in [5.41, 5.74) is 0. The van der Waals surface area contributed by atoms with Gasteiger partial charge in [-0.1, -0.05) is 321 Å². The van der Waals surface area contributed by atoms with Crippen molar-refractivity contribution in [3.63, 3.8) is 0 Å². The monoisotopic (exact) mass is 1020 g/mol. The SMILES string of the molecule is CCCCCCCCCCCCCCCCCCCCCCCC(O)C(CO)NC(=O)CCCCCCCCC/C=C\CCCCCCCCCCOC(=O)CCCCCCCCCCCCCCCCC. The van der Waals surface area contributed by atoms with Gasteiger partial charge >= 0.3 is 5.97 Å². The van der Waals surface area contributed by atoms with Gasteiger partial charge in [-0.15, -0.1) is 0 Å². The second-order valence-electron chi connectivity index (χ2n) is 22.8. The molecular weight excluding hydrogens is 887 g/mol. The highest BCUT2D eigenvalue weighted by Gasteiger charge is 2.20. The van der Waals surface area contributed by atoms with Gasteiger partial charge in [0, 0.05) is 12.8 Å². The molecule has 428 valence electrons. The topological polar surface area (TPSA) is 95.9 Å². The number of amides is 1. The highest BCUT2D eigenvalue weighted by atomic mass is 16.5. The normalized spacial score (nSPS) is 12.6. The molecule has 0 aliphatic carbocycles. The molecule has 0 aliphatic rings. The van der Waals surface area contributed by atoms with Crippen LogP contribution in [-0.2, 0) is 14.3 Å². The molecule has 0 aliphatic heterocycles. The number of aliphatic hydroxyl groups excluding tert-OH is 2. The van der Waals surface area contributed by atoms with Gasteiger partial charge < -0.3 is 20.3 Å². The predicted octanol–water partition coefficient (Wildman–Crippen LogP) is 20.8. The minimum Gasteiger partial charge on any atom is -0.466 e. The molecule has 0 aromatic rings. The fraction of sp³-hybridized carbons (Fsp3) is 0.939. The zero-order valence-corrected chi connectivity index (χ0v) is 48.9. The van der Waals surface area contributed by atoms with Gasteiger partial charge in [-0.25, -0.2) is 0 Å². The molecule has 0 aromatic carbocycles.